The molecule has 2 rings (SSSR count). The first-order valence-electron chi connectivity index (χ1n) is 8.48. The smallest absolute Gasteiger partial charge is 0.0136 e. The van der Waals surface area contributed by atoms with Gasteiger partial charge in [-0.15, -0.1) is 0 Å². The summed E-state index contributed by atoms with van der Waals surface area (Å²) in [6.07, 6.45) is 8.10. The zero-order valence-electron chi connectivity index (χ0n) is 13.5. The Morgan fingerprint density at radius 1 is 1.20 bits per heavy atom. The molecule has 0 heterocycles. The zero-order chi connectivity index (χ0) is 14.4. The van der Waals surface area contributed by atoms with Crippen molar-refractivity contribution in [1.82, 2.24) is 5.32 Å². The van der Waals surface area contributed by atoms with Crippen molar-refractivity contribution in [2.24, 2.45) is 11.8 Å². The highest BCUT2D eigenvalue weighted by Crippen LogP contribution is 2.32. The SMILES string of the molecule is CCCNC(Cc1ccc(C)cc1)C1CCCC(C)C1. The van der Waals surface area contributed by atoms with E-state index < -0.39 is 0 Å². The van der Waals surface area contributed by atoms with Gasteiger partial charge >= 0.3 is 0 Å². The van der Waals surface area contributed by atoms with Gasteiger partial charge in [0.2, 0.25) is 0 Å². The summed E-state index contributed by atoms with van der Waals surface area (Å²) in [7, 11) is 0. The molecule has 1 saturated carbocycles. The Labute approximate surface area is 125 Å². The number of hydrogen-bond acceptors (Lipinski definition) is 1. The molecule has 3 unspecified atom stereocenters. The van der Waals surface area contributed by atoms with E-state index in [0.29, 0.717) is 6.04 Å². The Hall–Kier alpha value is -0.820. The lowest BCUT2D eigenvalue weighted by molar-refractivity contribution is 0.221. The maximum absolute atomic E-state index is 3.82. The second-order valence-electron chi connectivity index (χ2n) is 6.78. The summed E-state index contributed by atoms with van der Waals surface area (Å²) in [5, 5.41) is 3.82. The van der Waals surface area contributed by atoms with Crippen LogP contribution in [0.1, 0.15) is 57.1 Å². The minimum Gasteiger partial charge on any atom is -0.313 e. The Morgan fingerprint density at radius 2 is 1.95 bits per heavy atom. The van der Waals surface area contributed by atoms with Crippen LogP contribution < -0.4 is 5.32 Å². The van der Waals surface area contributed by atoms with Crippen LogP contribution in [0.4, 0.5) is 0 Å². The quantitative estimate of drug-likeness (QED) is 0.790. The predicted octanol–water partition coefficient (Wildman–Crippen LogP) is 4.73. The van der Waals surface area contributed by atoms with Crippen LogP contribution in [0.2, 0.25) is 0 Å². The molecule has 1 nitrogen and oxygen atoms in total. The summed E-state index contributed by atoms with van der Waals surface area (Å²) in [5.41, 5.74) is 2.85. The van der Waals surface area contributed by atoms with Crippen LogP contribution >= 0.6 is 0 Å². The van der Waals surface area contributed by atoms with E-state index in [2.05, 4.69) is 50.4 Å². The molecule has 0 amide bonds. The fraction of sp³-hybridized carbons (Fsp3) is 0.684. The third kappa shape index (κ3) is 4.63. The van der Waals surface area contributed by atoms with E-state index in [1.165, 1.54) is 49.7 Å². The van der Waals surface area contributed by atoms with Crippen molar-refractivity contribution in [2.75, 3.05) is 6.54 Å². The van der Waals surface area contributed by atoms with Crippen molar-refractivity contribution >= 4 is 0 Å². The zero-order valence-corrected chi connectivity index (χ0v) is 13.5. The molecule has 0 aromatic heterocycles. The van der Waals surface area contributed by atoms with Gasteiger partial charge in [-0.05, 0) is 56.6 Å². The van der Waals surface area contributed by atoms with Crippen molar-refractivity contribution in [3.05, 3.63) is 35.4 Å². The molecule has 1 aliphatic carbocycles. The van der Waals surface area contributed by atoms with Gasteiger partial charge in [-0.1, -0.05) is 56.5 Å². The molecule has 1 fully saturated rings. The standard InChI is InChI=1S/C19H31N/c1-4-12-20-19(18-7-5-6-16(3)13-18)14-17-10-8-15(2)9-11-17/h8-11,16,18-20H,4-7,12-14H2,1-3H3. The second-order valence-corrected chi connectivity index (χ2v) is 6.78. The molecule has 0 radical (unpaired) electrons. The van der Waals surface area contributed by atoms with Gasteiger partial charge in [0, 0.05) is 6.04 Å². The molecule has 0 saturated heterocycles. The van der Waals surface area contributed by atoms with Gasteiger partial charge in [-0.25, -0.2) is 0 Å². The van der Waals surface area contributed by atoms with E-state index in [1.807, 2.05) is 0 Å². The first-order valence-corrected chi connectivity index (χ1v) is 8.48. The van der Waals surface area contributed by atoms with Crippen LogP contribution in [0.15, 0.2) is 24.3 Å². The van der Waals surface area contributed by atoms with Crippen LogP contribution in [-0.4, -0.2) is 12.6 Å². The lowest BCUT2D eigenvalue weighted by atomic mass is 9.77. The lowest BCUT2D eigenvalue weighted by Crippen LogP contribution is -2.40. The maximum atomic E-state index is 3.82. The largest absolute Gasteiger partial charge is 0.313 e. The first kappa shape index (κ1) is 15.6. The van der Waals surface area contributed by atoms with E-state index in [0.717, 1.165) is 18.4 Å². The summed E-state index contributed by atoms with van der Waals surface area (Å²) in [6.45, 7) is 8.01. The topological polar surface area (TPSA) is 12.0 Å². The van der Waals surface area contributed by atoms with Crippen LogP contribution in [0.25, 0.3) is 0 Å². The molecule has 1 heteroatoms. The van der Waals surface area contributed by atoms with E-state index in [1.54, 1.807) is 0 Å². The fourth-order valence-electron chi connectivity index (χ4n) is 3.56. The summed E-state index contributed by atoms with van der Waals surface area (Å²) < 4.78 is 0. The average molecular weight is 273 g/mol. The van der Waals surface area contributed by atoms with Crippen LogP contribution in [-0.2, 0) is 6.42 Å². The molecular weight excluding hydrogens is 242 g/mol. The molecular formula is C19H31N. The van der Waals surface area contributed by atoms with Gasteiger partial charge in [0.25, 0.3) is 0 Å². The summed E-state index contributed by atoms with van der Waals surface area (Å²) >= 11 is 0. The predicted molar refractivity (Wildman–Crippen MR) is 88.1 cm³/mol. The number of benzene rings is 1. The number of hydrogen-bond donors (Lipinski definition) is 1. The van der Waals surface area contributed by atoms with E-state index in [4.69, 9.17) is 0 Å². The highest BCUT2D eigenvalue weighted by atomic mass is 14.9. The summed E-state index contributed by atoms with van der Waals surface area (Å²) in [4.78, 5) is 0. The Balaban J connectivity index is 2.00. The molecule has 1 aromatic rings. The van der Waals surface area contributed by atoms with Gasteiger partial charge in [0.1, 0.15) is 0 Å². The van der Waals surface area contributed by atoms with Crippen LogP contribution in [0.5, 0.6) is 0 Å². The Morgan fingerprint density at radius 3 is 2.60 bits per heavy atom. The average Bonchev–Trinajstić information content (AvgIpc) is 2.45. The monoisotopic (exact) mass is 273 g/mol. The third-order valence-corrected chi connectivity index (χ3v) is 4.78. The maximum Gasteiger partial charge on any atom is 0.0136 e. The van der Waals surface area contributed by atoms with Crippen molar-refractivity contribution < 1.29 is 0 Å². The summed E-state index contributed by atoms with van der Waals surface area (Å²) in [5.74, 6) is 1.78. The molecule has 1 aliphatic rings. The highest BCUT2D eigenvalue weighted by molar-refractivity contribution is 5.22. The third-order valence-electron chi connectivity index (χ3n) is 4.78. The van der Waals surface area contributed by atoms with E-state index >= 15 is 0 Å². The van der Waals surface area contributed by atoms with Crippen molar-refractivity contribution in [3.8, 4) is 0 Å². The number of nitrogens with one attached hydrogen (secondary N) is 1. The molecule has 20 heavy (non-hydrogen) atoms. The van der Waals surface area contributed by atoms with Gasteiger partial charge in [0.15, 0.2) is 0 Å². The highest BCUT2D eigenvalue weighted by Gasteiger charge is 2.26. The number of rotatable bonds is 6. The molecule has 112 valence electrons. The molecule has 1 N–H and O–H groups in total. The molecule has 0 spiro atoms. The molecule has 0 bridgehead atoms. The first-order chi connectivity index (χ1) is 9.69. The summed E-state index contributed by atoms with van der Waals surface area (Å²) in [6, 6.07) is 9.77. The van der Waals surface area contributed by atoms with Gasteiger partial charge < -0.3 is 5.32 Å². The van der Waals surface area contributed by atoms with Crippen molar-refractivity contribution in [1.29, 1.82) is 0 Å². The van der Waals surface area contributed by atoms with Gasteiger partial charge in [-0.3, -0.25) is 0 Å². The normalized spacial score (nSPS) is 24.6. The van der Waals surface area contributed by atoms with Gasteiger partial charge in [-0.2, -0.15) is 0 Å². The molecule has 0 aliphatic heterocycles. The van der Waals surface area contributed by atoms with Crippen molar-refractivity contribution in [3.63, 3.8) is 0 Å². The lowest BCUT2D eigenvalue weighted by Gasteiger charge is -2.34. The van der Waals surface area contributed by atoms with E-state index in [9.17, 15) is 0 Å². The molecule has 3 atom stereocenters. The minimum absolute atomic E-state index is 0.667. The Bertz CT molecular complexity index is 381. The Kier molecular flexibility index (Phi) is 6.09. The van der Waals surface area contributed by atoms with Gasteiger partial charge in [0.05, 0.1) is 0 Å². The molecule has 1 aromatic carbocycles. The van der Waals surface area contributed by atoms with Crippen molar-refractivity contribution in [2.45, 2.75) is 65.3 Å². The fourth-order valence-corrected chi connectivity index (χ4v) is 3.56. The van der Waals surface area contributed by atoms with Crippen LogP contribution in [0, 0.1) is 18.8 Å². The second kappa shape index (κ2) is 7.83. The van der Waals surface area contributed by atoms with Crippen LogP contribution in [0.3, 0.4) is 0 Å². The minimum atomic E-state index is 0.667. The van der Waals surface area contributed by atoms with E-state index in [-0.39, 0.29) is 0 Å². The number of aryl methyl sites for hydroxylation is 1.